The van der Waals surface area contributed by atoms with Crippen molar-refractivity contribution in [2.45, 2.75) is 39.0 Å². The molecule has 144 valence electrons. The number of alkyl carbamates (subject to hydrolysis) is 1. The Morgan fingerprint density at radius 2 is 1.81 bits per heavy atom. The summed E-state index contributed by atoms with van der Waals surface area (Å²) in [6.07, 6.45) is 1.45. The van der Waals surface area contributed by atoms with Gasteiger partial charge in [-0.05, 0) is 29.9 Å². The van der Waals surface area contributed by atoms with E-state index in [2.05, 4.69) is 10.6 Å². The smallest absolute Gasteiger partial charge is 0.408 e. The summed E-state index contributed by atoms with van der Waals surface area (Å²) in [5, 5.41) is 14.2. The average Bonchev–Trinajstić information content (AvgIpc) is 2.61. The highest BCUT2D eigenvalue weighted by Crippen LogP contribution is 2.07. The third-order valence-corrected chi connectivity index (χ3v) is 4.30. The summed E-state index contributed by atoms with van der Waals surface area (Å²) in [5.74, 6) is -1.25. The molecule has 0 unspecified atom stereocenters. The van der Waals surface area contributed by atoms with Gasteiger partial charge >= 0.3 is 12.1 Å². The third-order valence-electron chi connectivity index (χ3n) is 3.66. The van der Waals surface area contributed by atoms with E-state index in [0.717, 1.165) is 5.56 Å². The fourth-order valence-corrected chi connectivity index (χ4v) is 2.65. The van der Waals surface area contributed by atoms with E-state index in [1.807, 2.05) is 36.6 Å². The zero-order valence-electron chi connectivity index (χ0n) is 15.2. The number of benzene rings is 1. The number of amides is 2. The molecule has 0 saturated heterocycles. The van der Waals surface area contributed by atoms with Crippen molar-refractivity contribution in [2.75, 3.05) is 12.0 Å². The predicted octanol–water partition coefficient (Wildman–Crippen LogP) is 2.26. The standard InChI is InChI=1S/C18H26N2O5S/c1-12(2)15(16(21)19-14(17(22)23)9-10-26-3)20-18(24)25-11-13-7-5-4-6-8-13/h4-8,12,14-15H,9-11H2,1-3H3,(H,19,21)(H,20,24)(H,22,23)/t14-,15-/m0/s1. The normalized spacial score (nSPS) is 12.9. The summed E-state index contributed by atoms with van der Waals surface area (Å²) in [4.78, 5) is 35.7. The van der Waals surface area contributed by atoms with Crippen molar-refractivity contribution >= 4 is 29.7 Å². The summed E-state index contributed by atoms with van der Waals surface area (Å²) in [7, 11) is 0. The van der Waals surface area contributed by atoms with Crippen molar-refractivity contribution in [3.8, 4) is 0 Å². The summed E-state index contributed by atoms with van der Waals surface area (Å²) in [6, 6.07) is 7.31. The van der Waals surface area contributed by atoms with Gasteiger partial charge in [-0.1, -0.05) is 44.2 Å². The minimum Gasteiger partial charge on any atom is -0.480 e. The summed E-state index contributed by atoms with van der Waals surface area (Å²) in [6.45, 7) is 3.61. The second kappa shape index (κ2) is 11.4. The first-order valence-electron chi connectivity index (χ1n) is 8.34. The maximum absolute atomic E-state index is 12.4. The molecule has 0 aliphatic rings. The number of hydrogen-bond acceptors (Lipinski definition) is 5. The first-order chi connectivity index (χ1) is 12.3. The third kappa shape index (κ3) is 7.77. The van der Waals surface area contributed by atoms with Crippen LogP contribution in [0.25, 0.3) is 0 Å². The Morgan fingerprint density at radius 3 is 2.35 bits per heavy atom. The van der Waals surface area contributed by atoms with Crippen molar-refractivity contribution in [3.05, 3.63) is 35.9 Å². The van der Waals surface area contributed by atoms with Gasteiger partial charge in [-0.25, -0.2) is 9.59 Å². The molecule has 0 fully saturated rings. The number of carbonyl (C=O) groups excluding carboxylic acids is 2. The van der Waals surface area contributed by atoms with Crippen molar-refractivity contribution < 1.29 is 24.2 Å². The van der Waals surface area contributed by atoms with Crippen molar-refractivity contribution in [1.82, 2.24) is 10.6 Å². The fraction of sp³-hybridized carbons (Fsp3) is 0.500. The van der Waals surface area contributed by atoms with E-state index in [1.54, 1.807) is 13.8 Å². The first kappa shape index (κ1) is 21.8. The average molecular weight is 382 g/mol. The van der Waals surface area contributed by atoms with Crippen LogP contribution in [0.4, 0.5) is 4.79 Å². The maximum atomic E-state index is 12.4. The number of carboxylic acid groups (broad SMARTS) is 1. The van der Waals surface area contributed by atoms with Crippen LogP contribution in [0, 0.1) is 5.92 Å². The number of carboxylic acids is 1. The number of nitrogens with one attached hydrogen (secondary N) is 2. The molecule has 0 aromatic heterocycles. The van der Waals surface area contributed by atoms with Gasteiger partial charge in [0.2, 0.25) is 5.91 Å². The van der Waals surface area contributed by atoms with Gasteiger partial charge in [-0.15, -0.1) is 0 Å². The molecule has 1 rings (SSSR count). The molecule has 3 N–H and O–H groups in total. The largest absolute Gasteiger partial charge is 0.480 e. The number of ether oxygens (including phenoxy) is 1. The quantitative estimate of drug-likeness (QED) is 0.573. The highest BCUT2D eigenvalue weighted by molar-refractivity contribution is 7.98. The molecular formula is C18H26N2O5S. The van der Waals surface area contributed by atoms with Crippen molar-refractivity contribution in [3.63, 3.8) is 0 Å². The van der Waals surface area contributed by atoms with Crippen LogP contribution in [0.2, 0.25) is 0 Å². The molecule has 0 aliphatic carbocycles. The molecule has 7 nitrogen and oxygen atoms in total. The molecular weight excluding hydrogens is 356 g/mol. The highest BCUT2D eigenvalue weighted by Gasteiger charge is 2.28. The van der Waals surface area contributed by atoms with E-state index >= 15 is 0 Å². The molecule has 8 heteroatoms. The summed E-state index contributed by atoms with van der Waals surface area (Å²) in [5.41, 5.74) is 0.830. The minimum atomic E-state index is -1.10. The molecule has 0 saturated carbocycles. The van der Waals surface area contributed by atoms with Gasteiger partial charge in [-0.2, -0.15) is 11.8 Å². The van der Waals surface area contributed by atoms with E-state index in [9.17, 15) is 19.5 Å². The van der Waals surface area contributed by atoms with E-state index in [1.165, 1.54) is 11.8 Å². The Hall–Kier alpha value is -2.22. The Bertz CT molecular complexity index is 595. The highest BCUT2D eigenvalue weighted by atomic mass is 32.2. The van der Waals surface area contributed by atoms with E-state index in [4.69, 9.17) is 4.74 Å². The number of aliphatic carboxylic acids is 1. The molecule has 0 bridgehead atoms. The van der Waals surface area contributed by atoms with Gasteiger partial charge in [0.15, 0.2) is 0 Å². The van der Waals surface area contributed by atoms with Crippen LogP contribution in [0.5, 0.6) is 0 Å². The second-order valence-electron chi connectivity index (χ2n) is 6.11. The lowest BCUT2D eigenvalue weighted by molar-refractivity contribution is -0.142. The molecule has 2 amide bonds. The number of hydrogen-bond donors (Lipinski definition) is 3. The lowest BCUT2D eigenvalue weighted by Crippen LogP contribution is -2.53. The molecule has 1 aromatic carbocycles. The molecule has 26 heavy (non-hydrogen) atoms. The first-order valence-corrected chi connectivity index (χ1v) is 9.73. The molecule has 0 aliphatic heterocycles. The van der Waals surface area contributed by atoms with E-state index < -0.39 is 30.1 Å². The SMILES string of the molecule is CSCC[C@H](NC(=O)[C@@H](NC(=O)OCc1ccccc1)C(C)C)C(=O)O. The van der Waals surface area contributed by atoms with Crippen LogP contribution in [0.1, 0.15) is 25.8 Å². The molecule has 0 radical (unpaired) electrons. The van der Waals surface area contributed by atoms with Crippen LogP contribution in [-0.2, 0) is 20.9 Å². The predicted molar refractivity (Wildman–Crippen MR) is 101 cm³/mol. The lowest BCUT2D eigenvalue weighted by atomic mass is 10.0. The van der Waals surface area contributed by atoms with Gasteiger partial charge in [-0.3, -0.25) is 4.79 Å². The van der Waals surface area contributed by atoms with Gasteiger partial charge in [0.05, 0.1) is 0 Å². The molecule has 1 aromatic rings. The lowest BCUT2D eigenvalue weighted by Gasteiger charge is -2.23. The van der Waals surface area contributed by atoms with Gasteiger partial charge in [0.25, 0.3) is 0 Å². The fourth-order valence-electron chi connectivity index (χ4n) is 2.18. The van der Waals surface area contributed by atoms with E-state index in [-0.39, 0.29) is 12.5 Å². The monoisotopic (exact) mass is 382 g/mol. The molecule has 0 heterocycles. The summed E-state index contributed by atoms with van der Waals surface area (Å²) >= 11 is 1.50. The Labute approximate surface area is 157 Å². The van der Waals surface area contributed by atoms with E-state index in [0.29, 0.717) is 12.2 Å². The summed E-state index contributed by atoms with van der Waals surface area (Å²) < 4.78 is 5.13. The van der Waals surface area contributed by atoms with Crippen molar-refractivity contribution in [1.29, 1.82) is 0 Å². The Kier molecular flexibility index (Phi) is 9.57. The Balaban J connectivity index is 2.61. The van der Waals surface area contributed by atoms with Gasteiger partial charge in [0, 0.05) is 0 Å². The van der Waals surface area contributed by atoms with Crippen LogP contribution in [0.15, 0.2) is 30.3 Å². The van der Waals surface area contributed by atoms with Gasteiger partial charge < -0.3 is 20.5 Å². The van der Waals surface area contributed by atoms with Crippen LogP contribution in [-0.4, -0.2) is 47.2 Å². The molecule has 2 atom stereocenters. The zero-order valence-corrected chi connectivity index (χ0v) is 16.0. The topological polar surface area (TPSA) is 105 Å². The zero-order chi connectivity index (χ0) is 19.5. The second-order valence-corrected chi connectivity index (χ2v) is 7.09. The number of carbonyl (C=O) groups is 3. The van der Waals surface area contributed by atoms with Gasteiger partial charge in [0.1, 0.15) is 18.7 Å². The van der Waals surface area contributed by atoms with Crippen LogP contribution < -0.4 is 10.6 Å². The van der Waals surface area contributed by atoms with Crippen LogP contribution >= 0.6 is 11.8 Å². The number of thioether (sulfide) groups is 1. The maximum Gasteiger partial charge on any atom is 0.408 e. The molecule has 0 spiro atoms. The van der Waals surface area contributed by atoms with Crippen LogP contribution in [0.3, 0.4) is 0 Å². The van der Waals surface area contributed by atoms with Crippen molar-refractivity contribution in [2.24, 2.45) is 5.92 Å². The minimum absolute atomic E-state index is 0.0879. The number of rotatable bonds is 10. The Morgan fingerprint density at radius 1 is 1.15 bits per heavy atom.